The van der Waals surface area contributed by atoms with Gasteiger partial charge in [-0.05, 0) is 116 Å². The van der Waals surface area contributed by atoms with Gasteiger partial charge in [-0.15, -0.1) is 11.3 Å². The molecular formula is C44H18F12O2S2. The monoisotopic (exact) mass is 870 g/mol. The minimum absolute atomic E-state index is 0.00411. The SMILES string of the molecule is O=S1(=O)C2=C(C(c3cc(C(F)(F)F)cc(C(F)(F)F)c3)=c3cc4cc5c(cc4cc32)=C(c2cc(C(F)(F)F)cc(C(F)(F)F)c2)c2c-5sc3ccccc23)c2ccccc21. The zero-order valence-corrected chi connectivity index (χ0v) is 31.2. The van der Waals surface area contributed by atoms with E-state index >= 15 is 0 Å². The van der Waals surface area contributed by atoms with Crippen molar-refractivity contribution in [2.45, 2.75) is 29.6 Å². The summed E-state index contributed by atoms with van der Waals surface area (Å²) in [4.78, 5) is -0.111. The van der Waals surface area contributed by atoms with Crippen LogP contribution in [0.15, 0.2) is 114 Å². The lowest BCUT2D eigenvalue weighted by atomic mass is 9.91. The van der Waals surface area contributed by atoms with Crippen LogP contribution in [0.3, 0.4) is 0 Å². The molecule has 0 amide bonds. The first kappa shape index (κ1) is 38.3. The van der Waals surface area contributed by atoms with Crippen LogP contribution in [0.1, 0.15) is 50.1 Å². The van der Waals surface area contributed by atoms with Crippen molar-refractivity contribution in [1.82, 2.24) is 0 Å². The molecule has 0 unspecified atom stereocenters. The van der Waals surface area contributed by atoms with Crippen molar-refractivity contribution in [3.63, 3.8) is 0 Å². The van der Waals surface area contributed by atoms with E-state index in [0.717, 1.165) is 0 Å². The Labute approximate surface area is 333 Å². The number of hydrogen-bond acceptors (Lipinski definition) is 3. The Bertz CT molecular complexity index is 3320. The molecule has 0 spiro atoms. The fourth-order valence-corrected chi connectivity index (χ4v) is 11.6. The highest BCUT2D eigenvalue weighted by atomic mass is 32.2. The Balaban J connectivity index is 1.34. The zero-order chi connectivity index (χ0) is 42.6. The summed E-state index contributed by atoms with van der Waals surface area (Å²) >= 11 is 1.22. The Morgan fingerprint density at radius 2 is 0.917 bits per heavy atom. The third-order valence-corrected chi connectivity index (χ3v) is 14.0. The standard InChI is InChI=1S/C44H18F12O2S2/c45-41(46,47)23-9-21(10-24(17-23)42(48,49)50)35-29-13-20-16-32-30(14-19(20)15-31(29)39-37(35)27-5-1-3-7-33(27)59-39)36(38-28-6-2-4-8-34(28)60(57,58)40(32)38)22-11-25(43(51,52)53)18-26(12-22)44(54,55)56/h1-18H. The topological polar surface area (TPSA) is 34.1 Å². The second kappa shape index (κ2) is 12.1. The van der Waals surface area contributed by atoms with E-state index in [0.29, 0.717) is 55.7 Å². The van der Waals surface area contributed by atoms with Gasteiger partial charge in [0.15, 0.2) is 0 Å². The van der Waals surface area contributed by atoms with Gasteiger partial charge in [0.05, 0.1) is 32.1 Å². The molecule has 1 aliphatic heterocycles. The molecule has 0 saturated carbocycles. The molecule has 10 rings (SSSR count). The predicted octanol–water partition coefficient (Wildman–Crippen LogP) is 12.2. The average Bonchev–Trinajstić information content (AvgIpc) is 3.86. The van der Waals surface area contributed by atoms with Gasteiger partial charge in [0.1, 0.15) is 0 Å². The summed E-state index contributed by atoms with van der Waals surface area (Å²) in [5.74, 6) is 0. The minimum Gasteiger partial charge on any atom is -0.218 e. The fraction of sp³-hybridized carbons (Fsp3) is 0.0909. The van der Waals surface area contributed by atoms with Crippen LogP contribution >= 0.6 is 11.3 Å². The molecule has 6 aromatic carbocycles. The van der Waals surface area contributed by atoms with Crippen LogP contribution in [0.4, 0.5) is 52.7 Å². The maximum Gasteiger partial charge on any atom is 0.416 e. The summed E-state index contributed by atoms with van der Waals surface area (Å²) in [6, 6.07) is 20.5. The van der Waals surface area contributed by atoms with E-state index in [9.17, 15) is 61.1 Å². The molecule has 7 aromatic rings. The van der Waals surface area contributed by atoms with Gasteiger partial charge in [-0.2, -0.15) is 52.7 Å². The molecule has 0 fully saturated rings. The first-order valence-electron chi connectivity index (χ1n) is 17.6. The molecule has 2 aliphatic carbocycles. The van der Waals surface area contributed by atoms with Gasteiger partial charge >= 0.3 is 24.7 Å². The first-order valence-corrected chi connectivity index (χ1v) is 19.9. The van der Waals surface area contributed by atoms with Crippen LogP contribution in [-0.4, -0.2) is 8.42 Å². The predicted molar refractivity (Wildman–Crippen MR) is 201 cm³/mol. The summed E-state index contributed by atoms with van der Waals surface area (Å²) in [6.07, 6.45) is -20.8. The van der Waals surface area contributed by atoms with Crippen molar-refractivity contribution >= 4 is 63.7 Å². The molecule has 1 aromatic heterocycles. The molecule has 0 radical (unpaired) electrons. The highest BCUT2D eigenvalue weighted by Crippen LogP contribution is 2.53. The smallest absolute Gasteiger partial charge is 0.218 e. The van der Waals surface area contributed by atoms with E-state index in [1.165, 1.54) is 53.8 Å². The lowest BCUT2D eigenvalue weighted by molar-refractivity contribution is -0.144. The number of halogens is 12. The van der Waals surface area contributed by atoms with E-state index in [4.69, 9.17) is 0 Å². The van der Waals surface area contributed by atoms with E-state index in [1.54, 1.807) is 30.3 Å². The zero-order valence-electron chi connectivity index (χ0n) is 29.6. The largest absolute Gasteiger partial charge is 0.416 e. The quantitative estimate of drug-likeness (QED) is 0.162. The number of sulfone groups is 1. The second-order valence-electron chi connectivity index (χ2n) is 14.5. The lowest BCUT2D eigenvalue weighted by Gasteiger charge is -2.16. The number of hydrogen-bond donors (Lipinski definition) is 0. The third-order valence-electron chi connectivity index (χ3n) is 10.9. The number of thiophene rings is 1. The number of allylic oxidation sites excluding steroid dienone is 1. The summed E-state index contributed by atoms with van der Waals surface area (Å²) in [7, 11) is -4.45. The molecule has 2 nitrogen and oxygen atoms in total. The molecular weight excluding hydrogens is 853 g/mol. The maximum absolute atomic E-state index is 14.3. The summed E-state index contributed by atoms with van der Waals surface area (Å²) in [5.41, 5.74) is -6.79. The molecule has 0 saturated heterocycles. The Hall–Kier alpha value is -5.87. The van der Waals surface area contributed by atoms with Gasteiger partial charge < -0.3 is 0 Å². The summed E-state index contributed by atoms with van der Waals surface area (Å²) in [5, 5.41) is 1.32. The fourth-order valence-electron chi connectivity index (χ4n) is 8.49. The van der Waals surface area contributed by atoms with E-state index in [-0.39, 0.29) is 71.2 Å². The van der Waals surface area contributed by atoms with Crippen LogP contribution in [0, 0.1) is 0 Å². The molecule has 2 heterocycles. The van der Waals surface area contributed by atoms with E-state index in [1.807, 2.05) is 0 Å². The van der Waals surface area contributed by atoms with Crippen LogP contribution in [0.25, 0.3) is 52.9 Å². The molecule has 0 N–H and O–H groups in total. The normalized spacial score (nSPS) is 15.8. The van der Waals surface area contributed by atoms with Gasteiger partial charge in [-0.25, -0.2) is 8.42 Å². The molecule has 16 heteroatoms. The van der Waals surface area contributed by atoms with Crippen LogP contribution in [-0.2, 0) is 34.5 Å². The highest BCUT2D eigenvalue weighted by molar-refractivity contribution is 8.01. The van der Waals surface area contributed by atoms with Crippen molar-refractivity contribution in [2.75, 3.05) is 0 Å². The summed E-state index contributed by atoms with van der Waals surface area (Å²) in [6.45, 7) is 0. The van der Waals surface area contributed by atoms with Crippen LogP contribution < -0.4 is 10.4 Å². The Morgan fingerprint density at radius 3 is 1.47 bits per heavy atom. The lowest BCUT2D eigenvalue weighted by Crippen LogP contribution is -2.16. The Morgan fingerprint density at radius 1 is 0.450 bits per heavy atom. The molecule has 0 bridgehead atoms. The van der Waals surface area contributed by atoms with Crippen molar-refractivity contribution in [3.05, 3.63) is 170 Å². The average molecular weight is 871 g/mol. The van der Waals surface area contributed by atoms with Gasteiger partial charge in [-0.3, -0.25) is 0 Å². The maximum atomic E-state index is 14.3. The van der Waals surface area contributed by atoms with Crippen molar-refractivity contribution in [1.29, 1.82) is 0 Å². The van der Waals surface area contributed by atoms with E-state index in [2.05, 4.69) is 0 Å². The van der Waals surface area contributed by atoms with Crippen molar-refractivity contribution in [3.8, 4) is 10.4 Å². The number of alkyl halides is 12. The number of fused-ring (bicyclic) bond motifs is 10. The van der Waals surface area contributed by atoms with E-state index < -0.39 is 62.4 Å². The molecule has 302 valence electrons. The Kier molecular flexibility index (Phi) is 7.75. The third kappa shape index (κ3) is 5.59. The van der Waals surface area contributed by atoms with Gasteiger partial charge in [0, 0.05) is 42.8 Å². The highest BCUT2D eigenvalue weighted by Gasteiger charge is 2.44. The molecule has 0 atom stereocenters. The van der Waals surface area contributed by atoms with Gasteiger partial charge in [0.2, 0.25) is 9.84 Å². The minimum atomic E-state index is -5.23. The van der Waals surface area contributed by atoms with Crippen molar-refractivity contribution < 1.29 is 61.1 Å². The number of rotatable bonds is 2. The summed E-state index contributed by atoms with van der Waals surface area (Å²) < 4.78 is 200. The number of benzene rings is 6. The van der Waals surface area contributed by atoms with Crippen LogP contribution in [0.2, 0.25) is 0 Å². The molecule has 60 heavy (non-hydrogen) atoms. The van der Waals surface area contributed by atoms with Gasteiger partial charge in [-0.1, -0.05) is 36.4 Å². The van der Waals surface area contributed by atoms with Crippen LogP contribution in [0.5, 0.6) is 0 Å². The van der Waals surface area contributed by atoms with Crippen molar-refractivity contribution in [2.24, 2.45) is 0 Å². The first-order chi connectivity index (χ1) is 28.0. The second-order valence-corrected chi connectivity index (χ2v) is 17.4. The molecule has 3 aliphatic rings. The van der Waals surface area contributed by atoms with Gasteiger partial charge in [0.25, 0.3) is 0 Å².